The lowest BCUT2D eigenvalue weighted by molar-refractivity contribution is 0.846. The molecule has 0 saturated carbocycles. The number of benzene rings is 7. The summed E-state index contributed by atoms with van der Waals surface area (Å²) in [4.78, 5) is 0. The molecule has 0 fully saturated rings. The van der Waals surface area contributed by atoms with Crippen LogP contribution in [0.3, 0.4) is 0 Å². The van der Waals surface area contributed by atoms with Crippen molar-refractivity contribution in [1.82, 2.24) is 0 Å². The van der Waals surface area contributed by atoms with E-state index in [1.54, 1.807) is 0 Å². The molecule has 0 aromatic heterocycles. The Morgan fingerprint density at radius 1 is 0.208 bits per heavy atom. The molecule has 0 aliphatic rings. The van der Waals surface area contributed by atoms with E-state index in [0.29, 0.717) is 41.4 Å². The Balaban J connectivity index is 0.000000449. The molecule has 7 aromatic rings. The van der Waals surface area contributed by atoms with E-state index in [-0.39, 0.29) is 0 Å². The molecule has 0 bridgehead atoms. The van der Waals surface area contributed by atoms with E-state index in [1.807, 2.05) is 0 Å². The molecule has 0 aliphatic carbocycles. The maximum atomic E-state index is 2.28. The zero-order valence-electron chi connectivity index (χ0n) is 54.7. The number of rotatable bonds is 7. The zero-order valence-corrected chi connectivity index (χ0v) is 54.7. The van der Waals surface area contributed by atoms with Gasteiger partial charge in [-0.1, -0.05) is 252 Å². The summed E-state index contributed by atoms with van der Waals surface area (Å²) >= 11 is 0. The minimum atomic E-state index is 0.647. The van der Waals surface area contributed by atoms with Crippen LogP contribution in [0.25, 0.3) is 0 Å². The lowest BCUT2D eigenvalue weighted by Gasteiger charge is -2.12. The van der Waals surface area contributed by atoms with Gasteiger partial charge < -0.3 is 0 Å². The van der Waals surface area contributed by atoms with E-state index in [0.717, 1.165) is 0 Å². The third-order valence-corrected chi connectivity index (χ3v) is 14.7. The van der Waals surface area contributed by atoms with Crippen LogP contribution in [0, 0.1) is 96.9 Å². The van der Waals surface area contributed by atoms with Gasteiger partial charge in [-0.3, -0.25) is 0 Å². The molecular weight excluding hydrogens is 925 g/mol. The van der Waals surface area contributed by atoms with Crippen LogP contribution < -0.4 is 0 Å². The Kier molecular flexibility index (Phi) is 31.1. The Labute approximate surface area is 477 Å². The fourth-order valence-corrected chi connectivity index (χ4v) is 9.84. The van der Waals surface area contributed by atoms with Crippen molar-refractivity contribution in [3.05, 3.63) is 244 Å². The molecule has 0 nitrogen and oxygen atoms in total. The largest absolute Gasteiger partial charge is 0.0617 e. The molecule has 7 aromatic carbocycles. The van der Waals surface area contributed by atoms with Gasteiger partial charge in [0.1, 0.15) is 0 Å². The van der Waals surface area contributed by atoms with E-state index >= 15 is 0 Å². The Hall–Kier alpha value is -5.46. The standard InChI is InChI=1S/7C11H16/c1-8(2)11-6-9(3)5-10(4)7-11;1-8(2)11-6-5-9(3)10(4)7-11;1-8(2)11-6-5-9(3)7-10(11)4;2*1-8(2)11-7-9(3)5-6-10(11)4;1-8(2)11-7-5-6-9(3)10(11)4;1-8(2)11-9(3)6-5-7-10(11)4/h7*5-8H,1-4H3. The van der Waals surface area contributed by atoms with Crippen molar-refractivity contribution in [2.45, 2.75) is 235 Å². The first-order valence-corrected chi connectivity index (χ1v) is 29.3. The van der Waals surface area contributed by atoms with Gasteiger partial charge >= 0.3 is 0 Å². The van der Waals surface area contributed by atoms with Crippen molar-refractivity contribution >= 4 is 0 Å². The highest BCUT2D eigenvalue weighted by molar-refractivity contribution is 5.38. The number of hydrogen-bond acceptors (Lipinski definition) is 0. The molecule has 0 amide bonds. The molecule has 0 unspecified atom stereocenters. The molecule has 0 N–H and O–H groups in total. The molecule has 0 heteroatoms. The number of aryl methyl sites for hydroxylation is 13. The van der Waals surface area contributed by atoms with E-state index in [4.69, 9.17) is 0 Å². The van der Waals surface area contributed by atoms with E-state index < -0.39 is 0 Å². The normalized spacial score (nSPS) is 10.6. The lowest BCUT2D eigenvalue weighted by atomic mass is 9.94. The summed E-state index contributed by atoms with van der Waals surface area (Å²) in [6.07, 6.45) is 0. The molecule has 0 atom stereocenters. The van der Waals surface area contributed by atoms with Gasteiger partial charge in [-0.2, -0.15) is 0 Å². The third kappa shape index (κ3) is 25.3. The second-order valence-corrected chi connectivity index (χ2v) is 24.5. The zero-order chi connectivity index (χ0) is 59.0. The van der Waals surface area contributed by atoms with Crippen LogP contribution in [0.4, 0.5) is 0 Å². The summed E-state index contributed by atoms with van der Waals surface area (Å²) < 4.78 is 0. The molecule has 0 radical (unpaired) electrons. The van der Waals surface area contributed by atoms with E-state index in [2.05, 4.69) is 321 Å². The fourth-order valence-electron chi connectivity index (χ4n) is 9.84. The van der Waals surface area contributed by atoms with Crippen LogP contribution in [-0.4, -0.2) is 0 Å². The molecular formula is C77H112. The van der Waals surface area contributed by atoms with Gasteiger partial charge in [0.15, 0.2) is 0 Å². The smallest absolute Gasteiger partial charge is 0.0214 e. The summed E-state index contributed by atoms with van der Waals surface area (Å²) in [6, 6.07) is 46.4. The maximum Gasteiger partial charge on any atom is -0.0214 e. The van der Waals surface area contributed by atoms with Gasteiger partial charge in [0.05, 0.1) is 0 Å². The first kappa shape index (κ1) is 69.6. The third-order valence-electron chi connectivity index (χ3n) is 14.7. The average molecular weight is 1040 g/mol. The molecule has 77 heavy (non-hydrogen) atoms. The Morgan fingerprint density at radius 2 is 0.597 bits per heavy atom. The van der Waals surface area contributed by atoms with Gasteiger partial charge in [-0.05, 0) is 227 Å². The van der Waals surface area contributed by atoms with Crippen LogP contribution in [0.2, 0.25) is 0 Å². The summed E-state index contributed by atoms with van der Waals surface area (Å²) in [6.45, 7) is 61.6. The van der Waals surface area contributed by atoms with Crippen LogP contribution in [0.5, 0.6) is 0 Å². The van der Waals surface area contributed by atoms with Crippen molar-refractivity contribution in [2.24, 2.45) is 0 Å². The van der Waals surface area contributed by atoms with Gasteiger partial charge in [0, 0.05) is 0 Å². The molecule has 0 aliphatic heterocycles. The predicted molar refractivity (Wildman–Crippen MR) is 350 cm³/mol. The van der Waals surface area contributed by atoms with Crippen LogP contribution in [0.15, 0.2) is 127 Å². The summed E-state index contributed by atoms with van der Waals surface area (Å²) in [5.41, 5.74) is 29.8. The molecule has 0 heterocycles. The topological polar surface area (TPSA) is 0 Å². The Morgan fingerprint density at radius 3 is 0.948 bits per heavy atom. The van der Waals surface area contributed by atoms with Crippen LogP contribution in [-0.2, 0) is 0 Å². The minimum absolute atomic E-state index is 0.647. The van der Waals surface area contributed by atoms with Crippen molar-refractivity contribution in [3.63, 3.8) is 0 Å². The molecule has 0 saturated heterocycles. The molecule has 0 spiro atoms. The van der Waals surface area contributed by atoms with Crippen molar-refractivity contribution in [2.75, 3.05) is 0 Å². The van der Waals surface area contributed by atoms with Crippen molar-refractivity contribution < 1.29 is 0 Å². The average Bonchev–Trinajstić information content (AvgIpc) is 3.32. The monoisotopic (exact) mass is 1040 g/mol. The predicted octanol–water partition coefficient (Wildman–Crippen LogP) is 24.0. The Bertz CT molecular complexity index is 2710. The van der Waals surface area contributed by atoms with Gasteiger partial charge in [0.2, 0.25) is 0 Å². The van der Waals surface area contributed by atoms with Crippen molar-refractivity contribution in [3.8, 4) is 0 Å². The molecule has 7 rings (SSSR count). The van der Waals surface area contributed by atoms with Crippen LogP contribution >= 0.6 is 0 Å². The van der Waals surface area contributed by atoms with Gasteiger partial charge in [0.25, 0.3) is 0 Å². The molecule has 420 valence electrons. The second-order valence-electron chi connectivity index (χ2n) is 24.5. The summed E-state index contributed by atoms with van der Waals surface area (Å²) in [5, 5.41) is 0. The second kappa shape index (κ2) is 34.4. The lowest BCUT2D eigenvalue weighted by Crippen LogP contribution is -1.94. The fraction of sp³-hybridized carbons (Fsp3) is 0.455. The van der Waals surface area contributed by atoms with Gasteiger partial charge in [-0.15, -0.1) is 0 Å². The van der Waals surface area contributed by atoms with Gasteiger partial charge in [-0.25, -0.2) is 0 Å². The van der Waals surface area contributed by atoms with E-state index in [1.165, 1.54) is 117 Å². The van der Waals surface area contributed by atoms with Crippen molar-refractivity contribution in [1.29, 1.82) is 0 Å². The quantitative estimate of drug-likeness (QED) is 0.149. The number of hydrogen-bond donors (Lipinski definition) is 0. The highest BCUT2D eigenvalue weighted by Gasteiger charge is 2.07. The van der Waals surface area contributed by atoms with E-state index in [9.17, 15) is 0 Å². The minimum Gasteiger partial charge on any atom is -0.0617 e. The first-order valence-electron chi connectivity index (χ1n) is 29.3. The maximum absolute atomic E-state index is 2.28. The highest BCUT2D eigenvalue weighted by atomic mass is 14.1. The summed E-state index contributed by atoms with van der Waals surface area (Å²) in [7, 11) is 0. The van der Waals surface area contributed by atoms with Crippen LogP contribution in [0.1, 0.15) is 255 Å². The first-order chi connectivity index (χ1) is 35.8. The SMILES string of the molecule is Cc1cc(C)cc(C(C)C)c1.Cc1ccc(C(C)C)c(C)c1.Cc1ccc(C(C)C)cc1C.Cc1ccc(C)c(C(C)C)c1.Cc1ccc(C)c(C(C)C)c1.Cc1cccc(C(C)C)c1C.Cc1cccc(C)c1C(C)C. The summed E-state index contributed by atoms with van der Waals surface area (Å²) in [5.74, 6) is 4.54. The highest BCUT2D eigenvalue weighted by Crippen LogP contribution is 2.25.